The largest absolute Gasteiger partial charge is 0.466 e. The van der Waals surface area contributed by atoms with Crippen LogP contribution in [0.15, 0.2) is 40.7 Å². The number of rotatable bonds is 20. The average Bonchev–Trinajstić information content (AvgIpc) is 2.89. The Morgan fingerprint density at radius 1 is 0.921 bits per heavy atom. The predicted octanol–water partition coefficient (Wildman–Crippen LogP) is 9.54. The summed E-state index contributed by atoms with van der Waals surface area (Å²) < 4.78 is 13.7. The van der Waals surface area contributed by atoms with Crippen LogP contribution in [0.3, 0.4) is 0 Å². The Bertz CT molecular complexity index is 777. The van der Waals surface area contributed by atoms with Crippen LogP contribution in [0.25, 0.3) is 0 Å². The van der Waals surface area contributed by atoms with Crippen LogP contribution < -0.4 is 0 Å². The van der Waals surface area contributed by atoms with Gasteiger partial charge in [-0.3, -0.25) is 9.59 Å². The standard InChI is InChI=1S/C31H51NO5S/c1-5-7-9-10-11-12-13-14-15-16-18-27(17-8-6-2)37-29(34)20-19-28(33)36-26-25-31(38-32-35)23-21-30(3,4)22-24-31/h6,8,16-18H,5,7,9-15,19-26H2,1-4H3. The van der Waals surface area contributed by atoms with Crippen molar-refractivity contribution in [3.05, 3.63) is 41.0 Å². The van der Waals surface area contributed by atoms with Crippen LogP contribution in [0.5, 0.6) is 0 Å². The fourth-order valence-electron chi connectivity index (χ4n) is 4.57. The fraction of sp³-hybridized carbons (Fsp3) is 0.742. The number of nitroso groups, excluding NO2 is 1. The minimum Gasteiger partial charge on any atom is -0.466 e. The first-order chi connectivity index (χ1) is 18.3. The molecular formula is C31H51NO5S. The van der Waals surface area contributed by atoms with E-state index in [4.69, 9.17) is 9.47 Å². The molecule has 1 aliphatic carbocycles. The fourth-order valence-corrected chi connectivity index (χ4v) is 5.29. The van der Waals surface area contributed by atoms with E-state index in [-0.39, 0.29) is 29.6 Å². The molecule has 0 unspecified atom stereocenters. The maximum Gasteiger partial charge on any atom is 0.311 e. The molecule has 1 rings (SSSR count). The third-order valence-corrected chi connectivity index (χ3v) is 8.36. The number of unbranched alkanes of at least 4 members (excludes halogenated alkanes) is 8. The molecule has 0 radical (unpaired) electrons. The summed E-state index contributed by atoms with van der Waals surface area (Å²) in [5, 5.41) is 0. The highest BCUT2D eigenvalue weighted by Gasteiger charge is 2.39. The van der Waals surface area contributed by atoms with E-state index in [0.29, 0.717) is 12.2 Å². The van der Waals surface area contributed by atoms with E-state index in [9.17, 15) is 14.5 Å². The van der Waals surface area contributed by atoms with Crippen LogP contribution in [0.4, 0.5) is 0 Å². The zero-order valence-corrected chi connectivity index (χ0v) is 25.1. The quantitative estimate of drug-likeness (QED) is 0.0375. The molecule has 0 heterocycles. The van der Waals surface area contributed by atoms with Crippen molar-refractivity contribution in [2.45, 2.75) is 135 Å². The van der Waals surface area contributed by atoms with Crippen molar-refractivity contribution >= 4 is 23.9 Å². The van der Waals surface area contributed by atoms with E-state index >= 15 is 0 Å². The molecule has 0 aliphatic heterocycles. The van der Waals surface area contributed by atoms with Crippen molar-refractivity contribution < 1.29 is 19.1 Å². The van der Waals surface area contributed by atoms with Crippen molar-refractivity contribution in [2.75, 3.05) is 6.61 Å². The SMILES string of the molecule is CC=CC=C(C=CCCCCCCCCCC)OC(=O)CCC(=O)OCCC1(SN=O)CCC(C)(C)CC1. The normalized spacial score (nSPS) is 17.1. The second-order valence-corrected chi connectivity index (χ2v) is 12.4. The van der Waals surface area contributed by atoms with Crippen molar-refractivity contribution in [2.24, 2.45) is 10.00 Å². The van der Waals surface area contributed by atoms with E-state index in [2.05, 4.69) is 25.4 Å². The number of allylic oxidation sites excluding steroid dienone is 5. The smallest absolute Gasteiger partial charge is 0.311 e. The Morgan fingerprint density at radius 2 is 1.55 bits per heavy atom. The molecule has 1 fully saturated rings. The maximum atomic E-state index is 12.3. The first-order valence-corrected chi connectivity index (χ1v) is 15.4. The molecule has 6 nitrogen and oxygen atoms in total. The molecule has 0 aromatic heterocycles. The van der Waals surface area contributed by atoms with Gasteiger partial charge in [-0.1, -0.05) is 83.9 Å². The zero-order valence-electron chi connectivity index (χ0n) is 24.3. The van der Waals surface area contributed by atoms with E-state index in [1.54, 1.807) is 6.08 Å². The second kappa shape index (κ2) is 20.1. The van der Waals surface area contributed by atoms with Gasteiger partial charge in [0, 0.05) is 21.3 Å². The van der Waals surface area contributed by atoms with E-state index in [1.165, 1.54) is 44.9 Å². The molecule has 1 aliphatic rings. The summed E-state index contributed by atoms with van der Waals surface area (Å²) in [7, 11) is 0. The molecule has 0 atom stereocenters. The van der Waals surface area contributed by atoms with Gasteiger partial charge in [-0.25, -0.2) is 0 Å². The van der Waals surface area contributed by atoms with E-state index in [0.717, 1.165) is 50.5 Å². The summed E-state index contributed by atoms with van der Waals surface area (Å²) >= 11 is 1.08. The molecule has 1 saturated carbocycles. The Labute approximate surface area is 235 Å². The highest BCUT2D eigenvalue weighted by atomic mass is 32.2. The van der Waals surface area contributed by atoms with E-state index in [1.807, 2.05) is 31.2 Å². The summed E-state index contributed by atoms with van der Waals surface area (Å²) in [5.41, 5.74) is 0.271. The van der Waals surface area contributed by atoms with Gasteiger partial charge < -0.3 is 9.47 Å². The van der Waals surface area contributed by atoms with Crippen molar-refractivity contribution in [3.63, 3.8) is 0 Å². The number of hydrogen-bond donors (Lipinski definition) is 0. The lowest BCUT2D eigenvalue weighted by atomic mass is 9.72. The van der Waals surface area contributed by atoms with Crippen molar-refractivity contribution in [3.8, 4) is 0 Å². The molecule has 0 amide bonds. The van der Waals surface area contributed by atoms with Gasteiger partial charge in [-0.2, -0.15) is 0 Å². The lowest BCUT2D eigenvalue weighted by molar-refractivity contribution is -0.148. The van der Waals surface area contributed by atoms with Gasteiger partial charge >= 0.3 is 11.9 Å². The molecule has 7 heteroatoms. The van der Waals surface area contributed by atoms with Crippen molar-refractivity contribution in [1.82, 2.24) is 0 Å². The predicted molar refractivity (Wildman–Crippen MR) is 159 cm³/mol. The monoisotopic (exact) mass is 549 g/mol. The van der Waals surface area contributed by atoms with Crippen LogP contribution in [-0.2, 0) is 19.1 Å². The molecule has 0 spiro atoms. The Kier molecular flexibility index (Phi) is 18.0. The molecule has 0 aromatic carbocycles. The summed E-state index contributed by atoms with van der Waals surface area (Å²) in [5.74, 6) is -0.413. The highest BCUT2D eigenvalue weighted by molar-refractivity contribution is 7.99. The van der Waals surface area contributed by atoms with Gasteiger partial charge in [0.05, 0.1) is 19.4 Å². The lowest BCUT2D eigenvalue weighted by Crippen LogP contribution is -2.35. The molecular weight excluding hydrogens is 498 g/mol. The summed E-state index contributed by atoms with van der Waals surface area (Å²) in [6, 6.07) is 0. The molecule has 0 saturated heterocycles. The van der Waals surface area contributed by atoms with E-state index < -0.39 is 11.9 Å². The Morgan fingerprint density at radius 3 is 2.18 bits per heavy atom. The Hall–Kier alpha value is -1.89. The first-order valence-electron chi connectivity index (χ1n) is 14.6. The molecule has 0 N–H and O–H groups in total. The second-order valence-electron chi connectivity index (χ2n) is 11.2. The van der Waals surface area contributed by atoms with Crippen LogP contribution >= 0.6 is 11.9 Å². The number of hydrogen-bond acceptors (Lipinski definition) is 7. The summed E-state index contributed by atoms with van der Waals surface area (Å²) in [6.45, 7) is 8.84. The van der Waals surface area contributed by atoms with Gasteiger partial charge in [0.1, 0.15) is 5.76 Å². The molecule has 38 heavy (non-hydrogen) atoms. The van der Waals surface area contributed by atoms with Crippen molar-refractivity contribution in [1.29, 1.82) is 0 Å². The first kappa shape index (κ1) is 34.1. The van der Waals surface area contributed by atoms with Gasteiger partial charge in [0.25, 0.3) is 0 Å². The van der Waals surface area contributed by atoms with Crippen LogP contribution in [-0.4, -0.2) is 23.3 Å². The van der Waals surface area contributed by atoms with Gasteiger partial charge in [0.2, 0.25) is 0 Å². The molecule has 0 aromatic rings. The number of esters is 2. The summed E-state index contributed by atoms with van der Waals surface area (Å²) in [6.07, 6.45) is 24.8. The summed E-state index contributed by atoms with van der Waals surface area (Å²) in [4.78, 5) is 35.5. The zero-order chi connectivity index (χ0) is 28.1. The number of nitrogens with zero attached hydrogens (tertiary/aromatic N) is 1. The highest BCUT2D eigenvalue weighted by Crippen LogP contribution is 2.49. The van der Waals surface area contributed by atoms with Gasteiger partial charge in [-0.05, 0) is 69.4 Å². The third-order valence-electron chi connectivity index (χ3n) is 7.29. The minimum absolute atomic E-state index is 0.0309. The number of carbonyl (C=O) groups is 2. The Balaban J connectivity index is 2.34. The van der Waals surface area contributed by atoms with Crippen LogP contribution in [0.1, 0.15) is 130 Å². The topological polar surface area (TPSA) is 82.0 Å². The van der Waals surface area contributed by atoms with Gasteiger partial charge in [-0.15, -0.1) is 4.91 Å². The van der Waals surface area contributed by atoms with Gasteiger partial charge in [0.15, 0.2) is 0 Å². The van der Waals surface area contributed by atoms with Crippen LogP contribution in [0.2, 0.25) is 0 Å². The lowest BCUT2D eigenvalue weighted by Gasteiger charge is -2.41. The maximum absolute atomic E-state index is 12.3. The minimum atomic E-state index is -0.457. The molecule has 0 bridgehead atoms. The molecule has 216 valence electrons. The number of carbonyl (C=O) groups excluding carboxylic acids is 2. The van der Waals surface area contributed by atoms with Crippen LogP contribution in [0, 0.1) is 10.3 Å². The third kappa shape index (κ3) is 16.2. The average molecular weight is 550 g/mol. The number of ether oxygens (including phenoxy) is 2.